The van der Waals surface area contributed by atoms with Crippen LogP contribution in [0.4, 0.5) is 0 Å². The van der Waals surface area contributed by atoms with Gasteiger partial charge < -0.3 is 9.47 Å². The van der Waals surface area contributed by atoms with Gasteiger partial charge in [-0.1, -0.05) is 42.5 Å². The number of ether oxygens (including phenoxy) is 2. The van der Waals surface area contributed by atoms with E-state index in [4.69, 9.17) is 9.47 Å². The summed E-state index contributed by atoms with van der Waals surface area (Å²) in [5.74, 6) is 0.288. The predicted octanol–water partition coefficient (Wildman–Crippen LogP) is 4.35. The minimum Gasteiger partial charge on any atom is -0.493 e. The Bertz CT molecular complexity index is 1010. The second-order valence-corrected chi connectivity index (χ2v) is 7.11. The molecule has 0 spiro atoms. The molecule has 0 fully saturated rings. The molecular formula is C23H21BrN2O4. The summed E-state index contributed by atoms with van der Waals surface area (Å²) in [6, 6.07) is 22.3. The minimum atomic E-state index is -0.472. The fraction of sp³-hybridized carbons (Fsp3) is 0.130. The lowest BCUT2D eigenvalue weighted by molar-refractivity contribution is -0.123. The van der Waals surface area contributed by atoms with Gasteiger partial charge in [-0.2, -0.15) is 0 Å². The van der Waals surface area contributed by atoms with Crippen molar-refractivity contribution in [2.75, 3.05) is 13.2 Å². The molecule has 0 aromatic heterocycles. The van der Waals surface area contributed by atoms with E-state index >= 15 is 0 Å². The van der Waals surface area contributed by atoms with Gasteiger partial charge in [-0.05, 0) is 64.3 Å². The first-order chi connectivity index (χ1) is 14.6. The first kappa shape index (κ1) is 21.4. The number of halogens is 1. The lowest BCUT2D eigenvalue weighted by Gasteiger charge is -2.11. The van der Waals surface area contributed by atoms with Crippen LogP contribution in [0, 0.1) is 0 Å². The molecule has 0 saturated heterocycles. The number of nitrogens with one attached hydrogen (secondary N) is 2. The average Bonchev–Trinajstić information content (AvgIpc) is 2.78. The normalized spacial score (nSPS) is 10.2. The van der Waals surface area contributed by atoms with Crippen LogP contribution in [0.25, 0.3) is 11.1 Å². The van der Waals surface area contributed by atoms with Crippen LogP contribution in [0.5, 0.6) is 11.5 Å². The van der Waals surface area contributed by atoms with E-state index in [1.807, 2.05) is 49.4 Å². The number of amides is 2. The smallest absolute Gasteiger partial charge is 0.276 e. The lowest BCUT2D eigenvalue weighted by Crippen LogP contribution is -2.43. The molecule has 30 heavy (non-hydrogen) atoms. The molecule has 3 aromatic carbocycles. The van der Waals surface area contributed by atoms with Gasteiger partial charge in [0.05, 0.1) is 11.1 Å². The maximum atomic E-state index is 12.2. The molecule has 154 valence electrons. The largest absolute Gasteiger partial charge is 0.493 e. The van der Waals surface area contributed by atoms with E-state index in [0.717, 1.165) is 11.1 Å². The highest BCUT2D eigenvalue weighted by atomic mass is 79.9. The molecule has 0 unspecified atom stereocenters. The molecule has 3 aromatic rings. The standard InChI is InChI=1S/C23H21BrN2O4/c1-2-29-21-13-10-18(14-20(21)24)23(28)26-25-22(27)15-30-19-11-8-17(9-12-19)16-6-4-3-5-7-16/h3-14H,2,15H2,1H3,(H,25,27)(H,26,28). The molecule has 0 aliphatic carbocycles. The average molecular weight is 469 g/mol. The van der Waals surface area contributed by atoms with Crippen LogP contribution in [-0.4, -0.2) is 25.0 Å². The van der Waals surface area contributed by atoms with Gasteiger partial charge in [-0.15, -0.1) is 0 Å². The Morgan fingerprint density at radius 3 is 2.23 bits per heavy atom. The van der Waals surface area contributed by atoms with Crippen molar-refractivity contribution < 1.29 is 19.1 Å². The number of benzene rings is 3. The van der Waals surface area contributed by atoms with E-state index in [1.165, 1.54) is 0 Å². The first-order valence-corrected chi connectivity index (χ1v) is 10.2. The molecule has 2 N–H and O–H groups in total. The topological polar surface area (TPSA) is 76.7 Å². The van der Waals surface area contributed by atoms with E-state index < -0.39 is 11.8 Å². The quantitative estimate of drug-likeness (QED) is 0.505. The summed E-state index contributed by atoms with van der Waals surface area (Å²) in [5.41, 5.74) is 7.24. The Morgan fingerprint density at radius 1 is 0.867 bits per heavy atom. The van der Waals surface area contributed by atoms with Crippen LogP contribution in [0.15, 0.2) is 77.3 Å². The Labute approximate surface area is 183 Å². The van der Waals surface area contributed by atoms with Crippen molar-refractivity contribution in [2.45, 2.75) is 6.92 Å². The van der Waals surface area contributed by atoms with E-state index in [-0.39, 0.29) is 6.61 Å². The van der Waals surface area contributed by atoms with Crippen LogP contribution in [0.2, 0.25) is 0 Å². The number of hydrogen-bond acceptors (Lipinski definition) is 4. The molecular weight excluding hydrogens is 448 g/mol. The Balaban J connectivity index is 1.47. The fourth-order valence-corrected chi connectivity index (χ4v) is 3.17. The molecule has 0 atom stereocenters. The fourth-order valence-electron chi connectivity index (χ4n) is 2.67. The molecule has 0 saturated carbocycles. The summed E-state index contributed by atoms with van der Waals surface area (Å²) in [6.07, 6.45) is 0. The molecule has 0 bridgehead atoms. The third kappa shape index (κ3) is 5.84. The highest BCUT2D eigenvalue weighted by Gasteiger charge is 2.11. The van der Waals surface area contributed by atoms with Crippen molar-refractivity contribution in [2.24, 2.45) is 0 Å². The molecule has 0 aliphatic rings. The summed E-state index contributed by atoms with van der Waals surface area (Å²) in [5, 5.41) is 0. The third-order valence-electron chi connectivity index (χ3n) is 4.14. The Morgan fingerprint density at radius 2 is 1.57 bits per heavy atom. The molecule has 7 heteroatoms. The monoisotopic (exact) mass is 468 g/mol. The van der Waals surface area contributed by atoms with E-state index in [9.17, 15) is 9.59 Å². The van der Waals surface area contributed by atoms with E-state index in [1.54, 1.807) is 30.3 Å². The molecule has 2 amide bonds. The summed E-state index contributed by atoms with van der Waals surface area (Å²) in [6.45, 7) is 2.18. The number of carbonyl (C=O) groups is 2. The SMILES string of the molecule is CCOc1ccc(C(=O)NNC(=O)COc2ccc(-c3ccccc3)cc2)cc1Br. The van der Waals surface area contributed by atoms with Gasteiger partial charge in [-0.25, -0.2) is 0 Å². The van der Waals surface area contributed by atoms with Crippen LogP contribution < -0.4 is 20.3 Å². The van der Waals surface area contributed by atoms with Gasteiger partial charge in [-0.3, -0.25) is 20.4 Å². The van der Waals surface area contributed by atoms with Crippen LogP contribution in [0.1, 0.15) is 17.3 Å². The number of rotatable bonds is 7. The van der Waals surface area contributed by atoms with Crippen molar-refractivity contribution in [1.29, 1.82) is 0 Å². The minimum absolute atomic E-state index is 0.224. The van der Waals surface area contributed by atoms with Crippen molar-refractivity contribution in [1.82, 2.24) is 10.9 Å². The highest BCUT2D eigenvalue weighted by Crippen LogP contribution is 2.26. The molecule has 0 heterocycles. The van der Waals surface area contributed by atoms with Gasteiger partial charge in [0.2, 0.25) is 0 Å². The number of hydrazine groups is 1. The number of carbonyl (C=O) groups excluding carboxylic acids is 2. The second kappa shape index (κ2) is 10.5. The van der Waals surface area contributed by atoms with Crippen molar-refractivity contribution >= 4 is 27.7 Å². The zero-order chi connectivity index (χ0) is 21.3. The molecule has 0 radical (unpaired) electrons. The summed E-state index contributed by atoms with van der Waals surface area (Å²) in [4.78, 5) is 24.2. The van der Waals surface area contributed by atoms with Crippen LogP contribution in [0.3, 0.4) is 0 Å². The van der Waals surface area contributed by atoms with E-state index in [2.05, 4.69) is 26.8 Å². The van der Waals surface area contributed by atoms with Gasteiger partial charge >= 0.3 is 0 Å². The van der Waals surface area contributed by atoms with Gasteiger partial charge in [0.1, 0.15) is 11.5 Å². The van der Waals surface area contributed by atoms with Crippen LogP contribution >= 0.6 is 15.9 Å². The zero-order valence-electron chi connectivity index (χ0n) is 16.4. The summed E-state index contributed by atoms with van der Waals surface area (Å²) < 4.78 is 11.5. The molecule has 0 aliphatic heterocycles. The van der Waals surface area contributed by atoms with Crippen molar-refractivity contribution in [3.05, 3.63) is 82.8 Å². The summed E-state index contributed by atoms with van der Waals surface area (Å²) in [7, 11) is 0. The van der Waals surface area contributed by atoms with Crippen molar-refractivity contribution in [3.63, 3.8) is 0 Å². The van der Waals surface area contributed by atoms with Gasteiger partial charge in [0.25, 0.3) is 11.8 Å². The second-order valence-electron chi connectivity index (χ2n) is 6.26. The zero-order valence-corrected chi connectivity index (χ0v) is 17.9. The molecule has 6 nitrogen and oxygen atoms in total. The highest BCUT2D eigenvalue weighted by molar-refractivity contribution is 9.10. The van der Waals surface area contributed by atoms with Crippen molar-refractivity contribution in [3.8, 4) is 22.6 Å². The third-order valence-corrected chi connectivity index (χ3v) is 4.76. The van der Waals surface area contributed by atoms with Gasteiger partial charge in [0, 0.05) is 5.56 Å². The number of hydrogen-bond donors (Lipinski definition) is 2. The Kier molecular flexibility index (Phi) is 7.45. The maximum absolute atomic E-state index is 12.2. The van der Waals surface area contributed by atoms with Gasteiger partial charge in [0.15, 0.2) is 6.61 Å². The maximum Gasteiger partial charge on any atom is 0.276 e. The molecule has 3 rings (SSSR count). The lowest BCUT2D eigenvalue weighted by atomic mass is 10.1. The van der Waals surface area contributed by atoms with Crippen LogP contribution in [-0.2, 0) is 4.79 Å². The first-order valence-electron chi connectivity index (χ1n) is 9.36. The van der Waals surface area contributed by atoms with E-state index in [0.29, 0.717) is 28.1 Å². The predicted molar refractivity (Wildman–Crippen MR) is 118 cm³/mol. The Hall–Kier alpha value is -3.32. The summed E-state index contributed by atoms with van der Waals surface area (Å²) >= 11 is 3.35.